The lowest BCUT2D eigenvalue weighted by atomic mass is 10.4. The fourth-order valence-electron chi connectivity index (χ4n) is 1.21. The van der Waals surface area contributed by atoms with E-state index < -0.39 is 0 Å². The van der Waals surface area contributed by atoms with E-state index in [-0.39, 0.29) is 17.8 Å². The molecule has 0 radical (unpaired) electrons. The van der Waals surface area contributed by atoms with Crippen molar-refractivity contribution in [3.05, 3.63) is 28.3 Å². The van der Waals surface area contributed by atoms with Gasteiger partial charge in [0.05, 0.1) is 4.60 Å². The van der Waals surface area contributed by atoms with Crippen LogP contribution in [-0.4, -0.2) is 16.9 Å². The molecule has 0 saturated heterocycles. The molecule has 1 amide bonds. The number of nitrogens with one attached hydrogen (secondary N) is 3. The van der Waals surface area contributed by atoms with Crippen molar-refractivity contribution in [1.82, 2.24) is 10.3 Å². The molecule has 1 aromatic heterocycles. The zero-order chi connectivity index (χ0) is 11.5. The van der Waals surface area contributed by atoms with Gasteiger partial charge in [0, 0.05) is 5.92 Å². The van der Waals surface area contributed by atoms with E-state index in [2.05, 4.69) is 31.2 Å². The van der Waals surface area contributed by atoms with Crippen molar-refractivity contribution >= 4 is 27.8 Å². The van der Waals surface area contributed by atoms with Crippen LogP contribution in [0.1, 0.15) is 12.8 Å². The summed E-state index contributed by atoms with van der Waals surface area (Å²) in [5.41, 5.74) is 0.524. The van der Waals surface area contributed by atoms with Crippen LogP contribution in [0.3, 0.4) is 0 Å². The van der Waals surface area contributed by atoms with Gasteiger partial charge in [0.25, 0.3) is 0 Å². The molecule has 5 nitrogen and oxygen atoms in total. The van der Waals surface area contributed by atoms with Gasteiger partial charge in [-0.05, 0) is 40.9 Å². The van der Waals surface area contributed by atoms with Crippen LogP contribution in [0.4, 0.5) is 0 Å². The van der Waals surface area contributed by atoms with Crippen molar-refractivity contribution in [2.24, 2.45) is 10.9 Å². The van der Waals surface area contributed by atoms with Crippen LogP contribution < -0.4 is 10.8 Å². The molecule has 0 bridgehead atoms. The summed E-state index contributed by atoms with van der Waals surface area (Å²) in [5.74, 6) is -0.156. The second kappa shape index (κ2) is 4.61. The molecule has 3 N–H and O–H groups in total. The quantitative estimate of drug-likeness (QED) is 0.403. The summed E-state index contributed by atoms with van der Waals surface area (Å²) in [6, 6.07) is 5.35. The molecule has 6 heteroatoms. The van der Waals surface area contributed by atoms with Gasteiger partial charge < -0.3 is 4.98 Å². The molecule has 1 saturated carbocycles. The largest absolute Gasteiger partial charge is 0.334 e. The first-order chi connectivity index (χ1) is 7.65. The van der Waals surface area contributed by atoms with Crippen molar-refractivity contribution in [1.29, 1.82) is 5.41 Å². The van der Waals surface area contributed by atoms with Gasteiger partial charge in [-0.1, -0.05) is 6.07 Å². The van der Waals surface area contributed by atoms with Crippen LogP contribution in [0.15, 0.2) is 27.8 Å². The molecule has 0 spiro atoms. The zero-order valence-electron chi connectivity index (χ0n) is 8.46. The Labute approximate surface area is 101 Å². The summed E-state index contributed by atoms with van der Waals surface area (Å²) in [5, 5.41) is 9.97. The molecule has 0 aromatic carbocycles. The first-order valence-electron chi connectivity index (χ1n) is 4.94. The third kappa shape index (κ3) is 3.03. The fourth-order valence-corrected chi connectivity index (χ4v) is 1.56. The van der Waals surface area contributed by atoms with Crippen LogP contribution >= 0.6 is 15.9 Å². The van der Waals surface area contributed by atoms with Gasteiger partial charge in [-0.15, -0.1) is 0 Å². The monoisotopic (exact) mass is 282 g/mol. The van der Waals surface area contributed by atoms with Crippen molar-refractivity contribution in [2.75, 3.05) is 0 Å². The molecular weight excluding hydrogens is 272 g/mol. The van der Waals surface area contributed by atoms with E-state index in [1.807, 2.05) is 6.07 Å². The topological polar surface area (TPSA) is 81.1 Å². The second-order valence-corrected chi connectivity index (χ2v) is 4.46. The Hall–Kier alpha value is -1.43. The van der Waals surface area contributed by atoms with Gasteiger partial charge in [0.2, 0.25) is 11.9 Å². The predicted molar refractivity (Wildman–Crippen MR) is 62.6 cm³/mol. The predicted octanol–water partition coefficient (Wildman–Crippen LogP) is 1.14. The maximum absolute atomic E-state index is 11.3. The van der Waals surface area contributed by atoms with E-state index in [1.165, 1.54) is 0 Å². The summed E-state index contributed by atoms with van der Waals surface area (Å²) in [7, 11) is 0. The van der Waals surface area contributed by atoms with E-state index >= 15 is 0 Å². The summed E-state index contributed by atoms with van der Waals surface area (Å²) in [6.07, 6.45) is 1.84. The average Bonchev–Trinajstić information content (AvgIpc) is 2.99. The van der Waals surface area contributed by atoms with E-state index in [1.54, 1.807) is 12.1 Å². The Balaban J connectivity index is 2.05. The van der Waals surface area contributed by atoms with E-state index in [0.717, 1.165) is 17.4 Å². The molecule has 1 aromatic rings. The maximum atomic E-state index is 11.3. The first kappa shape index (κ1) is 11.1. The van der Waals surface area contributed by atoms with Crippen LogP contribution in [0.5, 0.6) is 0 Å². The lowest BCUT2D eigenvalue weighted by molar-refractivity contribution is -0.120. The lowest BCUT2D eigenvalue weighted by Crippen LogP contribution is -2.31. The standard InChI is InChI=1S/C10H11BrN4O/c11-7-2-1-3-8(13-7)14-10(12)15-9(16)6-4-5-6/h1-3,6H,4-5H2,(H3,12,13,14,15,16). The summed E-state index contributed by atoms with van der Waals surface area (Å²) < 4.78 is 0.773. The van der Waals surface area contributed by atoms with Crippen molar-refractivity contribution in [3.63, 3.8) is 0 Å². The Bertz CT molecular complexity index is 490. The Morgan fingerprint density at radius 1 is 1.56 bits per heavy atom. The van der Waals surface area contributed by atoms with Crippen molar-refractivity contribution in [3.8, 4) is 0 Å². The number of aromatic nitrogens is 1. The van der Waals surface area contributed by atoms with Crippen LogP contribution in [0, 0.1) is 11.3 Å². The van der Waals surface area contributed by atoms with Crippen molar-refractivity contribution in [2.45, 2.75) is 12.8 Å². The van der Waals surface area contributed by atoms with Crippen LogP contribution in [0.2, 0.25) is 0 Å². The van der Waals surface area contributed by atoms with Gasteiger partial charge in [0.1, 0.15) is 5.49 Å². The highest BCUT2D eigenvalue weighted by atomic mass is 79.9. The van der Waals surface area contributed by atoms with Gasteiger partial charge in [0.15, 0.2) is 0 Å². The second-order valence-electron chi connectivity index (χ2n) is 3.61. The number of hydrogen-bond donors (Lipinski definition) is 3. The lowest BCUT2D eigenvalue weighted by Gasteiger charge is -1.99. The molecule has 0 atom stereocenters. The van der Waals surface area contributed by atoms with E-state index in [4.69, 9.17) is 5.41 Å². The number of carbonyl (C=O) groups excluding carboxylic acids is 1. The first-order valence-corrected chi connectivity index (χ1v) is 5.73. The highest BCUT2D eigenvalue weighted by Crippen LogP contribution is 2.28. The van der Waals surface area contributed by atoms with Crippen LogP contribution in [-0.2, 0) is 4.79 Å². The molecule has 84 valence electrons. The molecule has 16 heavy (non-hydrogen) atoms. The summed E-state index contributed by atoms with van der Waals surface area (Å²) in [4.78, 5) is 18.2. The number of halogens is 1. The number of nitrogens with zero attached hydrogens (tertiary/aromatic N) is 1. The molecule has 1 aliphatic carbocycles. The Morgan fingerprint density at radius 3 is 2.94 bits per heavy atom. The minimum atomic E-state index is -0.133. The Morgan fingerprint density at radius 2 is 2.31 bits per heavy atom. The normalized spacial score (nSPS) is 15.9. The van der Waals surface area contributed by atoms with E-state index in [9.17, 15) is 4.79 Å². The highest BCUT2D eigenvalue weighted by molar-refractivity contribution is 9.10. The number of aromatic amines is 1. The number of hydrogen-bond acceptors (Lipinski definition) is 2. The molecule has 0 unspecified atom stereocenters. The maximum Gasteiger partial charge on any atom is 0.229 e. The molecule has 2 rings (SSSR count). The number of guanidine groups is 1. The van der Waals surface area contributed by atoms with E-state index in [0.29, 0.717) is 5.49 Å². The highest BCUT2D eigenvalue weighted by Gasteiger charge is 2.29. The summed E-state index contributed by atoms with van der Waals surface area (Å²) >= 11 is 3.26. The molecule has 1 heterocycles. The van der Waals surface area contributed by atoms with Gasteiger partial charge in [-0.25, -0.2) is 0 Å². The SMILES string of the molecule is N=C(/N=c1/cccc(Br)[nH]1)NC(=O)C1CC1. The molecule has 1 aliphatic rings. The third-order valence-corrected chi connectivity index (χ3v) is 2.63. The van der Waals surface area contributed by atoms with Gasteiger partial charge >= 0.3 is 0 Å². The van der Waals surface area contributed by atoms with Crippen molar-refractivity contribution < 1.29 is 4.79 Å². The van der Waals surface area contributed by atoms with Gasteiger partial charge in [-0.3, -0.25) is 15.5 Å². The van der Waals surface area contributed by atoms with Gasteiger partial charge in [-0.2, -0.15) is 4.99 Å². The summed E-state index contributed by atoms with van der Waals surface area (Å²) in [6.45, 7) is 0. The smallest absolute Gasteiger partial charge is 0.229 e. The Kier molecular flexibility index (Phi) is 3.19. The minimum absolute atomic E-state index is 0.0852. The number of H-pyrrole nitrogens is 1. The third-order valence-electron chi connectivity index (χ3n) is 2.17. The number of pyridine rings is 1. The fraction of sp³-hybridized carbons (Fsp3) is 0.300. The zero-order valence-corrected chi connectivity index (χ0v) is 10.0. The molecule has 0 aliphatic heterocycles. The van der Waals surface area contributed by atoms with Crippen LogP contribution in [0.25, 0.3) is 0 Å². The number of rotatable bonds is 1. The average molecular weight is 283 g/mol. The number of amides is 1. The number of carbonyl (C=O) groups is 1. The minimum Gasteiger partial charge on any atom is -0.334 e. The molecule has 1 fully saturated rings. The molecular formula is C10H11BrN4O.